The van der Waals surface area contributed by atoms with Crippen molar-refractivity contribution in [1.82, 2.24) is 0 Å². The SMILES string of the molecule is N#Cc1cc(Br)c2c(c1)CCO2. The zero-order valence-electron chi connectivity index (χ0n) is 6.30. The van der Waals surface area contributed by atoms with Crippen LogP contribution >= 0.6 is 15.9 Å². The maximum absolute atomic E-state index is 8.68. The van der Waals surface area contributed by atoms with Gasteiger partial charge in [0.25, 0.3) is 0 Å². The molecule has 1 heterocycles. The monoisotopic (exact) mass is 223 g/mol. The van der Waals surface area contributed by atoms with Gasteiger partial charge in [-0.2, -0.15) is 5.26 Å². The summed E-state index contributed by atoms with van der Waals surface area (Å²) >= 11 is 3.36. The molecule has 0 bridgehead atoms. The van der Waals surface area contributed by atoms with Crippen LogP contribution in [0.1, 0.15) is 11.1 Å². The third-order valence-corrected chi connectivity index (χ3v) is 2.46. The summed E-state index contributed by atoms with van der Waals surface area (Å²) in [7, 11) is 0. The lowest BCUT2D eigenvalue weighted by Crippen LogP contribution is -1.86. The Hall–Kier alpha value is -1.01. The molecule has 0 spiro atoms. The van der Waals surface area contributed by atoms with Crippen LogP contribution in [0.2, 0.25) is 0 Å². The van der Waals surface area contributed by atoms with Gasteiger partial charge in [-0.1, -0.05) is 0 Å². The van der Waals surface area contributed by atoms with Crippen molar-refractivity contribution in [2.75, 3.05) is 6.61 Å². The second kappa shape index (κ2) is 2.80. The van der Waals surface area contributed by atoms with Crippen LogP contribution in [0.3, 0.4) is 0 Å². The highest BCUT2D eigenvalue weighted by atomic mass is 79.9. The van der Waals surface area contributed by atoms with Gasteiger partial charge in [0.1, 0.15) is 5.75 Å². The molecule has 0 unspecified atom stereocenters. The van der Waals surface area contributed by atoms with Gasteiger partial charge in [-0.15, -0.1) is 0 Å². The Morgan fingerprint density at radius 1 is 1.50 bits per heavy atom. The zero-order valence-corrected chi connectivity index (χ0v) is 7.89. The van der Waals surface area contributed by atoms with Gasteiger partial charge < -0.3 is 4.74 Å². The average Bonchev–Trinajstić information content (AvgIpc) is 2.52. The van der Waals surface area contributed by atoms with Crippen molar-refractivity contribution in [3.8, 4) is 11.8 Å². The predicted molar refractivity (Wildman–Crippen MR) is 48.1 cm³/mol. The Labute approximate surface area is 78.9 Å². The van der Waals surface area contributed by atoms with Gasteiger partial charge >= 0.3 is 0 Å². The summed E-state index contributed by atoms with van der Waals surface area (Å²) in [6.45, 7) is 0.725. The molecule has 0 radical (unpaired) electrons. The van der Waals surface area contributed by atoms with Crippen LogP contribution in [0.15, 0.2) is 16.6 Å². The fourth-order valence-electron chi connectivity index (χ4n) is 1.33. The van der Waals surface area contributed by atoms with Gasteiger partial charge in [-0.3, -0.25) is 0 Å². The standard InChI is InChI=1S/C9H6BrNO/c10-8-4-6(5-11)3-7-1-2-12-9(7)8/h3-4H,1-2H2. The van der Waals surface area contributed by atoms with Crippen molar-refractivity contribution in [2.24, 2.45) is 0 Å². The number of nitrogens with zero attached hydrogens (tertiary/aromatic N) is 1. The summed E-state index contributed by atoms with van der Waals surface area (Å²) < 4.78 is 6.26. The lowest BCUT2D eigenvalue weighted by molar-refractivity contribution is 0.355. The normalized spacial score (nSPS) is 13.3. The van der Waals surface area contributed by atoms with Crippen LogP contribution in [0.25, 0.3) is 0 Å². The molecule has 3 heteroatoms. The van der Waals surface area contributed by atoms with Crippen molar-refractivity contribution in [3.63, 3.8) is 0 Å². The molecule has 1 aliphatic rings. The summed E-state index contributed by atoms with van der Waals surface area (Å²) in [5.41, 5.74) is 1.81. The molecule has 0 saturated carbocycles. The highest BCUT2D eigenvalue weighted by Gasteiger charge is 2.15. The number of fused-ring (bicyclic) bond motifs is 1. The summed E-state index contributed by atoms with van der Waals surface area (Å²) in [5, 5.41) is 8.68. The molecule has 0 saturated heterocycles. The van der Waals surface area contributed by atoms with Crippen molar-refractivity contribution in [1.29, 1.82) is 5.26 Å². The summed E-state index contributed by atoms with van der Waals surface area (Å²) in [6, 6.07) is 5.78. The van der Waals surface area contributed by atoms with Crippen LogP contribution in [0.4, 0.5) is 0 Å². The van der Waals surface area contributed by atoms with E-state index in [0.29, 0.717) is 5.56 Å². The number of nitriles is 1. The summed E-state index contributed by atoms with van der Waals surface area (Å²) in [4.78, 5) is 0. The minimum Gasteiger partial charge on any atom is -0.492 e. The number of hydrogen-bond donors (Lipinski definition) is 0. The van der Waals surface area contributed by atoms with Crippen LogP contribution < -0.4 is 4.74 Å². The molecular weight excluding hydrogens is 218 g/mol. The molecule has 0 atom stereocenters. The predicted octanol–water partition coefficient (Wildman–Crippen LogP) is 2.26. The molecule has 0 amide bonds. The highest BCUT2D eigenvalue weighted by Crippen LogP contribution is 2.34. The molecule has 0 aromatic heterocycles. The molecule has 2 nitrogen and oxygen atoms in total. The van der Waals surface area contributed by atoms with E-state index in [-0.39, 0.29) is 0 Å². The largest absolute Gasteiger partial charge is 0.492 e. The first-order chi connectivity index (χ1) is 5.81. The summed E-state index contributed by atoms with van der Waals surface area (Å²) in [6.07, 6.45) is 0.906. The number of ether oxygens (including phenoxy) is 1. The number of rotatable bonds is 0. The smallest absolute Gasteiger partial charge is 0.136 e. The fourth-order valence-corrected chi connectivity index (χ4v) is 1.94. The maximum Gasteiger partial charge on any atom is 0.136 e. The second-order valence-electron chi connectivity index (χ2n) is 2.66. The third-order valence-electron chi connectivity index (χ3n) is 1.87. The van der Waals surface area contributed by atoms with Crippen molar-refractivity contribution in [2.45, 2.75) is 6.42 Å². The van der Waals surface area contributed by atoms with E-state index in [1.807, 2.05) is 6.07 Å². The number of benzene rings is 1. The van der Waals surface area contributed by atoms with Gasteiger partial charge in [0.2, 0.25) is 0 Å². The zero-order chi connectivity index (χ0) is 8.55. The number of halogens is 1. The molecule has 60 valence electrons. The fraction of sp³-hybridized carbons (Fsp3) is 0.222. The first-order valence-electron chi connectivity index (χ1n) is 3.66. The third kappa shape index (κ3) is 1.09. The van der Waals surface area contributed by atoms with Gasteiger partial charge in [-0.05, 0) is 33.6 Å². The van der Waals surface area contributed by atoms with E-state index in [9.17, 15) is 0 Å². The quantitative estimate of drug-likeness (QED) is 0.677. The Kier molecular flexibility index (Phi) is 1.78. The molecule has 2 rings (SSSR count). The van der Waals surface area contributed by atoms with E-state index in [1.54, 1.807) is 6.07 Å². The van der Waals surface area contributed by atoms with E-state index in [4.69, 9.17) is 10.00 Å². The first kappa shape index (κ1) is 7.63. The average molecular weight is 224 g/mol. The Morgan fingerprint density at radius 2 is 2.33 bits per heavy atom. The molecule has 0 N–H and O–H groups in total. The summed E-state index contributed by atoms with van der Waals surface area (Å²) in [5.74, 6) is 0.897. The van der Waals surface area contributed by atoms with Gasteiger partial charge in [0.15, 0.2) is 0 Å². The van der Waals surface area contributed by atoms with Gasteiger partial charge in [0.05, 0.1) is 22.7 Å². The van der Waals surface area contributed by atoms with E-state index in [2.05, 4.69) is 22.0 Å². The second-order valence-corrected chi connectivity index (χ2v) is 3.51. The molecule has 12 heavy (non-hydrogen) atoms. The maximum atomic E-state index is 8.68. The molecule has 0 fully saturated rings. The van der Waals surface area contributed by atoms with Crippen molar-refractivity contribution < 1.29 is 4.74 Å². The Bertz CT molecular complexity index is 368. The molecule has 0 aliphatic carbocycles. The molecule has 1 aliphatic heterocycles. The van der Waals surface area contributed by atoms with Gasteiger partial charge in [-0.25, -0.2) is 0 Å². The highest BCUT2D eigenvalue weighted by molar-refractivity contribution is 9.10. The van der Waals surface area contributed by atoms with Crippen LogP contribution in [0, 0.1) is 11.3 Å². The van der Waals surface area contributed by atoms with Gasteiger partial charge in [0, 0.05) is 6.42 Å². The lowest BCUT2D eigenvalue weighted by Gasteiger charge is -2.01. The van der Waals surface area contributed by atoms with Crippen LogP contribution in [-0.4, -0.2) is 6.61 Å². The molecular formula is C9H6BrNO. The minimum absolute atomic E-state index is 0.686. The Balaban J connectivity index is 2.60. The molecule has 1 aromatic carbocycles. The minimum atomic E-state index is 0.686. The van der Waals surface area contributed by atoms with Crippen molar-refractivity contribution in [3.05, 3.63) is 27.7 Å². The van der Waals surface area contributed by atoms with E-state index >= 15 is 0 Å². The van der Waals surface area contributed by atoms with E-state index in [1.165, 1.54) is 0 Å². The van der Waals surface area contributed by atoms with Crippen molar-refractivity contribution >= 4 is 15.9 Å². The van der Waals surface area contributed by atoms with Crippen LogP contribution in [0.5, 0.6) is 5.75 Å². The molecule has 1 aromatic rings. The van der Waals surface area contributed by atoms with E-state index in [0.717, 1.165) is 28.8 Å². The Morgan fingerprint density at radius 3 is 3.08 bits per heavy atom. The number of hydrogen-bond acceptors (Lipinski definition) is 2. The van der Waals surface area contributed by atoms with Crippen LogP contribution in [-0.2, 0) is 6.42 Å². The first-order valence-corrected chi connectivity index (χ1v) is 4.46. The topological polar surface area (TPSA) is 33.0 Å². The van der Waals surface area contributed by atoms with E-state index < -0.39 is 0 Å². The lowest BCUT2D eigenvalue weighted by atomic mass is 10.1.